The Balaban J connectivity index is 1.06. The standard InChI is InChI=1S/C50H33N3/c51-32-34-5-7-46-30-44(13-11-41(46)27-34)38-17-23-49(24-18-38)53(48-21-15-37(16-22-48)43-10-9-36-3-1-2-4-40(36)29-43)50-25-19-39(20-26-50)45-14-12-42-28-35(33-52)6-8-47(42)31-45/h1-30,47H,31H2. The molecule has 2 aliphatic rings. The maximum Gasteiger partial charge on any atom is 0.0991 e. The largest absolute Gasteiger partial charge is 0.311 e. The summed E-state index contributed by atoms with van der Waals surface area (Å²) < 4.78 is 0. The van der Waals surface area contributed by atoms with Crippen molar-refractivity contribution in [2.75, 3.05) is 4.90 Å². The van der Waals surface area contributed by atoms with Gasteiger partial charge in [0, 0.05) is 23.0 Å². The molecule has 7 aromatic rings. The molecule has 0 aromatic heterocycles. The first-order valence-corrected chi connectivity index (χ1v) is 17.9. The van der Waals surface area contributed by atoms with Crippen molar-refractivity contribution in [3.63, 3.8) is 0 Å². The van der Waals surface area contributed by atoms with Crippen LogP contribution in [0.1, 0.15) is 17.5 Å². The second kappa shape index (κ2) is 13.5. The van der Waals surface area contributed by atoms with Crippen molar-refractivity contribution >= 4 is 44.2 Å². The quantitative estimate of drug-likeness (QED) is 0.176. The fraction of sp³-hybridized carbons (Fsp3) is 0.0400. The van der Waals surface area contributed by atoms with E-state index < -0.39 is 0 Å². The Hall–Kier alpha value is -7.20. The van der Waals surface area contributed by atoms with Gasteiger partial charge in [0.15, 0.2) is 0 Å². The lowest BCUT2D eigenvalue weighted by Gasteiger charge is -2.27. The van der Waals surface area contributed by atoms with Gasteiger partial charge in [-0.15, -0.1) is 0 Å². The second-order valence-electron chi connectivity index (χ2n) is 13.7. The molecule has 248 valence electrons. The molecule has 0 aliphatic heterocycles. The molecule has 0 saturated heterocycles. The van der Waals surface area contributed by atoms with Gasteiger partial charge in [0.05, 0.1) is 23.3 Å². The summed E-state index contributed by atoms with van der Waals surface area (Å²) in [7, 11) is 0. The lowest BCUT2D eigenvalue weighted by molar-refractivity contribution is 0.790. The fourth-order valence-corrected chi connectivity index (χ4v) is 7.55. The topological polar surface area (TPSA) is 50.8 Å². The molecule has 0 bridgehead atoms. The lowest BCUT2D eigenvalue weighted by atomic mass is 9.81. The highest BCUT2D eigenvalue weighted by Gasteiger charge is 2.20. The van der Waals surface area contributed by atoms with Crippen molar-refractivity contribution < 1.29 is 0 Å². The van der Waals surface area contributed by atoms with E-state index in [0.29, 0.717) is 17.1 Å². The molecular formula is C50H33N3. The average molecular weight is 676 g/mol. The molecule has 7 aromatic carbocycles. The first kappa shape index (κ1) is 31.8. The number of hydrogen-bond donors (Lipinski definition) is 0. The van der Waals surface area contributed by atoms with Gasteiger partial charge in [0.2, 0.25) is 0 Å². The van der Waals surface area contributed by atoms with Crippen LogP contribution in [-0.2, 0) is 0 Å². The van der Waals surface area contributed by atoms with Crippen LogP contribution in [0, 0.1) is 28.6 Å². The SMILES string of the molecule is N#CC1=CC2=CC=C(c3ccc(N(c4ccc(-c5ccc6ccccc6c5)cc4)c4ccc(-c5ccc6cc(C#N)ccc6c5)cc4)cc3)CC2C=C1. The van der Waals surface area contributed by atoms with E-state index in [1.165, 1.54) is 38.6 Å². The van der Waals surface area contributed by atoms with Crippen molar-refractivity contribution in [3.8, 4) is 34.4 Å². The van der Waals surface area contributed by atoms with Crippen molar-refractivity contribution in [2.45, 2.75) is 6.42 Å². The third-order valence-corrected chi connectivity index (χ3v) is 10.4. The molecule has 1 atom stereocenters. The number of anilines is 3. The van der Waals surface area contributed by atoms with E-state index in [4.69, 9.17) is 0 Å². The van der Waals surface area contributed by atoms with Crippen LogP contribution in [0.15, 0.2) is 193 Å². The van der Waals surface area contributed by atoms with Crippen LogP contribution in [0.5, 0.6) is 0 Å². The number of hydrogen-bond acceptors (Lipinski definition) is 3. The molecule has 9 rings (SSSR count). The lowest BCUT2D eigenvalue weighted by Crippen LogP contribution is -2.10. The van der Waals surface area contributed by atoms with Crippen molar-refractivity contribution in [1.82, 2.24) is 0 Å². The Morgan fingerprint density at radius 1 is 0.491 bits per heavy atom. The smallest absolute Gasteiger partial charge is 0.0991 e. The Morgan fingerprint density at radius 3 is 1.64 bits per heavy atom. The number of fused-ring (bicyclic) bond motifs is 3. The summed E-state index contributed by atoms with van der Waals surface area (Å²) in [5, 5.41) is 23.3. The Morgan fingerprint density at radius 2 is 1.02 bits per heavy atom. The van der Waals surface area contributed by atoms with E-state index in [2.05, 4.69) is 169 Å². The molecule has 1 unspecified atom stereocenters. The molecule has 0 N–H and O–H groups in total. The maximum absolute atomic E-state index is 9.34. The maximum atomic E-state index is 9.34. The van der Waals surface area contributed by atoms with E-state index in [1.54, 1.807) is 0 Å². The highest BCUT2D eigenvalue weighted by molar-refractivity contribution is 5.90. The minimum Gasteiger partial charge on any atom is -0.311 e. The van der Waals surface area contributed by atoms with Crippen molar-refractivity contribution in [3.05, 3.63) is 204 Å². The molecule has 0 radical (unpaired) electrons. The Bertz CT molecular complexity index is 2750. The molecular weight excluding hydrogens is 643 g/mol. The van der Waals surface area contributed by atoms with Gasteiger partial charge in [-0.2, -0.15) is 10.5 Å². The first-order chi connectivity index (χ1) is 26.1. The summed E-state index contributed by atoms with van der Waals surface area (Å²) in [5.41, 5.74) is 12.9. The molecule has 0 fully saturated rings. The summed E-state index contributed by atoms with van der Waals surface area (Å²) >= 11 is 0. The van der Waals surface area contributed by atoms with E-state index in [0.717, 1.165) is 45.4 Å². The van der Waals surface area contributed by atoms with Crippen LogP contribution in [-0.4, -0.2) is 0 Å². The van der Waals surface area contributed by atoms with Crippen LogP contribution < -0.4 is 4.90 Å². The van der Waals surface area contributed by atoms with Crippen molar-refractivity contribution in [1.29, 1.82) is 10.5 Å². The molecule has 0 spiro atoms. The zero-order valence-corrected chi connectivity index (χ0v) is 28.9. The van der Waals surface area contributed by atoms with Crippen molar-refractivity contribution in [2.24, 2.45) is 5.92 Å². The monoisotopic (exact) mass is 675 g/mol. The van der Waals surface area contributed by atoms with E-state index in [-0.39, 0.29) is 0 Å². The van der Waals surface area contributed by atoms with E-state index >= 15 is 0 Å². The number of nitrogens with zero attached hydrogens (tertiary/aromatic N) is 3. The molecule has 3 heteroatoms. The third-order valence-electron chi connectivity index (χ3n) is 10.4. The van der Waals surface area contributed by atoms with Crippen LogP contribution in [0.4, 0.5) is 17.1 Å². The number of nitriles is 2. The summed E-state index contributed by atoms with van der Waals surface area (Å²) in [5.74, 6) is 0.292. The van der Waals surface area contributed by atoms with Gasteiger partial charge >= 0.3 is 0 Å². The number of rotatable bonds is 6. The molecule has 3 nitrogen and oxygen atoms in total. The van der Waals surface area contributed by atoms with Crippen LogP contribution in [0.2, 0.25) is 0 Å². The Kier molecular flexibility index (Phi) is 8.09. The predicted molar refractivity (Wildman–Crippen MR) is 219 cm³/mol. The fourth-order valence-electron chi connectivity index (χ4n) is 7.55. The zero-order chi connectivity index (χ0) is 35.7. The summed E-state index contributed by atoms with van der Waals surface area (Å²) in [6.45, 7) is 0. The highest BCUT2D eigenvalue weighted by atomic mass is 15.1. The van der Waals surface area contributed by atoms with Gasteiger partial charge in [-0.1, -0.05) is 109 Å². The predicted octanol–water partition coefficient (Wildman–Crippen LogP) is 13.0. The van der Waals surface area contributed by atoms with Crippen LogP contribution >= 0.6 is 0 Å². The van der Waals surface area contributed by atoms with Gasteiger partial charge in [-0.3, -0.25) is 0 Å². The van der Waals surface area contributed by atoms with Crippen LogP contribution in [0.3, 0.4) is 0 Å². The van der Waals surface area contributed by atoms with Gasteiger partial charge in [0.25, 0.3) is 0 Å². The average Bonchev–Trinajstić information content (AvgIpc) is 3.23. The molecule has 0 heterocycles. The molecule has 0 amide bonds. The summed E-state index contributed by atoms with van der Waals surface area (Å²) in [4.78, 5) is 2.31. The van der Waals surface area contributed by atoms with Gasteiger partial charge in [-0.05, 0) is 140 Å². The van der Waals surface area contributed by atoms with Gasteiger partial charge in [-0.25, -0.2) is 0 Å². The Labute approximate surface area is 309 Å². The normalized spacial score (nSPS) is 14.8. The molecule has 0 saturated carbocycles. The van der Waals surface area contributed by atoms with Gasteiger partial charge in [0.1, 0.15) is 0 Å². The minimum absolute atomic E-state index is 0.292. The zero-order valence-electron chi connectivity index (χ0n) is 28.9. The molecule has 53 heavy (non-hydrogen) atoms. The number of benzene rings is 7. The van der Waals surface area contributed by atoms with E-state index in [1.807, 2.05) is 30.4 Å². The number of allylic oxidation sites excluding steroid dienone is 8. The van der Waals surface area contributed by atoms with Gasteiger partial charge < -0.3 is 4.90 Å². The molecule has 2 aliphatic carbocycles. The second-order valence-corrected chi connectivity index (χ2v) is 13.7. The summed E-state index contributed by atoms with van der Waals surface area (Å²) in [6, 6.07) is 58.3. The van der Waals surface area contributed by atoms with Crippen LogP contribution in [0.25, 0.3) is 49.4 Å². The first-order valence-electron chi connectivity index (χ1n) is 17.9. The van der Waals surface area contributed by atoms with E-state index in [9.17, 15) is 10.5 Å². The third kappa shape index (κ3) is 6.23. The summed E-state index contributed by atoms with van der Waals surface area (Å²) in [6.07, 6.45) is 11.4. The highest BCUT2D eigenvalue weighted by Crippen LogP contribution is 2.40. The minimum atomic E-state index is 0.292.